The van der Waals surface area contributed by atoms with Crippen molar-refractivity contribution in [1.29, 1.82) is 0 Å². The Kier molecular flexibility index (Phi) is 3.64. The van der Waals surface area contributed by atoms with Gasteiger partial charge >= 0.3 is 0 Å². The van der Waals surface area contributed by atoms with E-state index < -0.39 is 0 Å². The van der Waals surface area contributed by atoms with Gasteiger partial charge in [0.25, 0.3) is 0 Å². The smallest absolute Gasteiger partial charge is 0.243 e. The summed E-state index contributed by atoms with van der Waals surface area (Å²) in [6.45, 7) is 0.654. The molecule has 2 aromatic heterocycles. The number of hydrogen-bond acceptors (Lipinski definition) is 3. The van der Waals surface area contributed by atoms with Crippen LogP contribution in [0.4, 0.5) is 10.3 Å². The molecule has 1 N–H and O–H groups in total. The van der Waals surface area contributed by atoms with Gasteiger partial charge in [-0.15, -0.1) is 5.10 Å². The van der Waals surface area contributed by atoms with Crippen LogP contribution in [0.25, 0.3) is 5.65 Å². The van der Waals surface area contributed by atoms with Gasteiger partial charge in [-0.05, 0) is 52.2 Å². The molecule has 20 heavy (non-hydrogen) atoms. The van der Waals surface area contributed by atoms with Crippen LogP contribution in [0.15, 0.2) is 47.1 Å². The van der Waals surface area contributed by atoms with E-state index in [4.69, 9.17) is 0 Å². The maximum atomic E-state index is 13.0. The molecule has 0 spiro atoms. The van der Waals surface area contributed by atoms with Gasteiger partial charge < -0.3 is 5.32 Å². The van der Waals surface area contributed by atoms with Crippen LogP contribution >= 0.6 is 15.9 Å². The van der Waals surface area contributed by atoms with Crippen molar-refractivity contribution in [3.8, 4) is 0 Å². The average Bonchev–Trinajstić information content (AvgIpc) is 2.80. The number of anilines is 1. The lowest BCUT2D eigenvalue weighted by Gasteiger charge is -2.02. The molecule has 0 aliphatic heterocycles. The molecule has 0 atom stereocenters. The average molecular weight is 335 g/mol. The Labute approximate surface area is 123 Å². The van der Waals surface area contributed by atoms with E-state index in [2.05, 4.69) is 31.3 Å². The molecule has 0 aliphatic rings. The molecule has 0 fully saturated rings. The molecule has 0 unspecified atom stereocenters. The molecule has 6 heteroatoms. The molecule has 102 valence electrons. The van der Waals surface area contributed by atoms with Gasteiger partial charge in [0, 0.05) is 17.2 Å². The Hall–Kier alpha value is -1.95. The van der Waals surface area contributed by atoms with Crippen LogP contribution in [0.2, 0.25) is 0 Å². The summed E-state index contributed by atoms with van der Waals surface area (Å²) >= 11 is 3.39. The second-order valence-corrected chi connectivity index (χ2v) is 5.31. The summed E-state index contributed by atoms with van der Waals surface area (Å²) in [6.07, 6.45) is 2.57. The monoisotopic (exact) mass is 334 g/mol. The summed E-state index contributed by atoms with van der Waals surface area (Å²) in [5.74, 6) is 0.359. The van der Waals surface area contributed by atoms with E-state index in [0.717, 1.165) is 22.1 Å². The van der Waals surface area contributed by atoms with Gasteiger partial charge in [-0.1, -0.05) is 12.1 Å². The minimum Gasteiger partial charge on any atom is -0.353 e. The first-order valence-corrected chi connectivity index (χ1v) is 7.00. The lowest BCUT2D eigenvalue weighted by Crippen LogP contribution is -2.06. The number of benzene rings is 1. The number of pyridine rings is 1. The molecule has 2 heterocycles. The zero-order valence-electron chi connectivity index (χ0n) is 10.6. The van der Waals surface area contributed by atoms with Gasteiger partial charge in [-0.2, -0.15) is 4.98 Å². The van der Waals surface area contributed by atoms with Crippen molar-refractivity contribution in [2.24, 2.45) is 0 Å². The van der Waals surface area contributed by atoms with E-state index >= 15 is 0 Å². The van der Waals surface area contributed by atoms with E-state index in [1.165, 1.54) is 12.1 Å². The van der Waals surface area contributed by atoms with Gasteiger partial charge in [0.1, 0.15) is 5.82 Å². The molecule has 0 saturated heterocycles. The minimum atomic E-state index is -0.210. The second kappa shape index (κ2) is 5.58. The molecular formula is C14H12BrFN4. The van der Waals surface area contributed by atoms with Crippen molar-refractivity contribution in [2.45, 2.75) is 6.42 Å². The van der Waals surface area contributed by atoms with Gasteiger partial charge in [0.05, 0.1) is 0 Å². The number of nitrogens with zero attached hydrogens (tertiary/aromatic N) is 3. The third kappa shape index (κ3) is 2.96. The largest absolute Gasteiger partial charge is 0.353 e. The summed E-state index contributed by atoms with van der Waals surface area (Å²) in [4.78, 5) is 4.35. The van der Waals surface area contributed by atoms with Crippen molar-refractivity contribution in [3.05, 3.63) is 58.4 Å². The highest BCUT2D eigenvalue weighted by molar-refractivity contribution is 9.10. The maximum absolute atomic E-state index is 13.0. The summed E-state index contributed by atoms with van der Waals surface area (Å²) < 4.78 is 15.7. The molecule has 0 saturated carbocycles. The maximum Gasteiger partial charge on any atom is 0.243 e. The Bertz CT molecular complexity index is 741. The Morgan fingerprint density at radius 1 is 1.25 bits per heavy atom. The fraction of sp³-hybridized carbons (Fsp3) is 0.143. The molecular weight excluding hydrogens is 323 g/mol. The van der Waals surface area contributed by atoms with Crippen molar-refractivity contribution >= 4 is 27.5 Å². The Morgan fingerprint density at radius 2 is 2.15 bits per heavy atom. The van der Waals surface area contributed by atoms with Crippen LogP contribution in [-0.2, 0) is 6.42 Å². The fourth-order valence-corrected chi connectivity index (χ4v) is 2.27. The van der Waals surface area contributed by atoms with Crippen molar-refractivity contribution < 1.29 is 4.39 Å². The normalized spacial score (nSPS) is 10.9. The fourth-order valence-electron chi connectivity index (χ4n) is 1.94. The zero-order chi connectivity index (χ0) is 13.9. The number of rotatable bonds is 4. The highest BCUT2D eigenvalue weighted by Gasteiger charge is 2.03. The topological polar surface area (TPSA) is 42.2 Å². The summed E-state index contributed by atoms with van der Waals surface area (Å²) in [5, 5.41) is 7.45. The molecule has 0 radical (unpaired) electrons. The van der Waals surface area contributed by atoms with Crippen LogP contribution < -0.4 is 5.32 Å². The van der Waals surface area contributed by atoms with Gasteiger partial charge in [0.15, 0.2) is 5.65 Å². The molecule has 0 amide bonds. The van der Waals surface area contributed by atoms with Crippen LogP contribution in [-0.4, -0.2) is 21.1 Å². The summed E-state index contributed by atoms with van der Waals surface area (Å²) in [5.41, 5.74) is 1.73. The Balaban J connectivity index is 1.65. The van der Waals surface area contributed by atoms with Crippen LogP contribution in [0, 0.1) is 5.82 Å². The zero-order valence-corrected chi connectivity index (χ0v) is 12.1. The molecule has 4 nitrogen and oxygen atoms in total. The van der Waals surface area contributed by atoms with Crippen molar-refractivity contribution in [2.75, 3.05) is 11.9 Å². The van der Waals surface area contributed by atoms with Crippen LogP contribution in [0.5, 0.6) is 0 Å². The van der Waals surface area contributed by atoms with E-state index in [0.29, 0.717) is 12.5 Å². The lowest BCUT2D eigenvalue weighted by molar-refractivity contribution is 0.625. The second-order valence-electron chi connectivity index (χ2n) is 4.39. The van der Waals surface area contributed by atoms with E-state index in [9.17, 15) is 4.39 Å². The summed E-state index contributed by atoms with van der Waals surface area (Å²) in [7, 11) is 0. The minimum absolute atomic E-state index is 0.210. The molecule has 0 aliphatic carbocycles. The molecule has 1 aromatic carbocycles. The summed E-state index contributed by atoms with van der Waals surface area (Å²) in [6, 6.07) is 10.4. The standard InChI is InChI=1S/C14H12BrFN4/c15-11-4-5-13-18-14(19-20(13)9-11)17-7-6-10-2-1-3-12(16)8-10/h1-5,8-9H,6-7H2,(H,17,19). The molecule has 3 aromatic rings. The van der Waals surface area contributed by atoms with Gasteiger partial charge in [-0.3, -0.25) is 0 Å². The third-order valence-corrected chi connectivity index (χ3v) is 3.35. The number of fused-ring (bicyclic) bond motifs is 1. The van der Waals surface area contributed by atoms with Gasteiger partial charge in [0.2, 0.25) is 5.95 Å². The van der Waals surface area contributed by atoms with Crippen molar-refractivity contribution in [3.63, 3.8) is 0 Å². The van der Waals surface area contributed by atoms with Crippen molar-refractivity contribution in [1.82, 2.24) is 14.6 Å². The molecule has 0 bridgehead atoms. The lowest BCUT2D eigenvalue weighted by atomic mass is 10.1. The Morgan fingerprint density at radius 3 is 3.00 bits per heavy atom. The highest BCUT2D eigenvalue weighted by Crippen LogP contribution is 2.12. The van der Waals surface area contributed by atoms with E-state index in [1.807, 2.05) is 24.4 Å². The SMILES string of the molecule is Fc1cccc(CCNc2nc3ccc(Br)cn3n2)c1. The number of aromatic nitrogens is 3. The van der Waals surface area contributed by atoms with Gasteiger partial charge in [-0.25, -0.2) is 8.91 Å². The van der Waals surface area contributed by atoms with E-state index in [1.54, 1.807) is 10.6 Å². The van der Waals surface area contributed by atoms with Crippen LogP contribution in [0.3, 0.4) is 0 Å². The first kappa shape index (κ1) is 13.1. The third-order valence-electron chi connectivity index (χ3n) is 2.88. The quantitative estimate of drug-likeness (QED) is 0.796. The number of nitrogens with one attached hydrogen (secondary N) is 1. The van der Waals surface area contributed by atoms with E-state index in [-0.39, 0.29) is 5.82 Å². The predicted octanol–water partition coefficient (Wildman–Crippen LogP) is 3.29. The number of hydrogen-bond donors (Lipinski definition) is 1. The first-order chi connectivity index (χ1) is 9.70. The highest BCUT2D eigenvalue weighted by atomic mass is 79.9. The number of halogens is 2. The predicted molar refractivity (Wildman–Crippen MR) is 79.3 cm³/mol. The van der Waals surface area contributed by atoms with Crippen LogP contribution in [0.1, 0.15) is 5.56 Å². The first-order valence-electron chi connectivity index (χ1n) is 6.21. The molecule has 3 rings (SSSR count).